The van der Waals surface area contributed by atoms with Crippen LogP contribution in [0.4, 0.5) is 10.8 Å². The summed E-state index contributed by atoms with van der Waals surface area (Å²) in [5.41, 5.74) is 3.13. The third-order valence-electron chi connectivity index (χ3n) is 4.62. The van der Waals surface area contributed by atoms with Crippen molar-refractivity contribution in [1.82, 2.24) is 10.2 Å². The van der Waals surface area contributed by atoms with Crippen LogP contribution in [-0.4, -0.2) is 24.5 Å². The van der Waals surface area contributed by atoms with Crippen molar-refractivity contribution in [3.05, 3.63) is 95.5 Å². The number of carbonyl (C=O) groups is 1. The third-order valence-corrected chi connectivity index (χ3v) is 6.77. The van der Waals surface area contributed by atoms with Gasteiger partial charge in [-0.3, -0.25) is 14.8 Å². The molecule has 0 atom stereocenters. The van der Waals surface area contributed by atoms with Gasteiger partial charge in [-0.05, 0) is 54.0 Å². The van der Waals surface area contributed by atoms with E-state index in [1.165, 1.54) is 17.4 Å². The number of aromatic nitrogens is 2. The van der Waals surface area contributed by atoms with Gasteiger partial charge in [0, 0.05) is 11.8 Å². The summed E-state index contributed by atoms with van der Waals surface area (Å²) in [5, 5.41) is 11.5. The van der Waals surface area contributed by atoms with Gasteiger partial charge in [-0.2, -0.15) is 0 Å². The van der Waals surface area contributed by atoms with Crippen LogP contribution in [0.25, 0.3) is 17.2 Å². The van der Waals surface area contributed by atoms with E-state index in [2.05, 4.69) is 20.2 Å². The SMILES string of the molecule is Cc1nnc(NC(=O)/C=C/c2ccc(NS(=O)(=O)c3ccc(-c4ccccc4)cc3)cc2)s1. The molecule has 0 radical (unpaired) electrons. The number of nitrogens with one attached hydrogen (secondary N) is 2. The Labute approximate surface area is 195 Å². The molecule has 0 saturated heterocycles. The number of aryl methyl sites for hydroxylation is 1. The fraction of sp³-hybridized carbons (Fsp3) is 0.0417. The highest BCUT2D eigenvalue weighted by molar-refractivity contribution is 7.92. The lowest BCUT2D eigenvalue weighted by atomic mass is 10.1. The van der Waals surface area contributed by atoms with Crippen LogP contribution in [-0.2, 0) is 14.8 Å². The number of amides is 1. The Morgan fingerprint density at radius 3 is 2.18 bits per heavy atom. The first-order valence-corrected chi connectivity index (χ1v) is 12.3. The van der Waals surface area contributed by atoms with E-state index in [0.717, 1.165) is 21.7 Å². The molecule has 3 aromatic carbocycles. The summed E-state index contributed by atoms with van der Waals surface area (Å²) in [5.74, 6) is -0.324. The molecule has 7 nitrogen and oxygen atoms in total. The Balaban J connectivity index is 1.39. The lowest BCUT2D eigenvalue weighted by molar-refractivity contribution is -0.111. The number of hydrogen-bond donors (Lipinski definition) is 2. The predicted molar refractivity (Wildman–Crippen MR) is 131 cm³/mol. The number of nitrogens with zero attached hydrogens (tertiary/aromatic N) is 2. The van der Waals surface area contributed by atoms with E-state index in [9.17, 15) is 13.2 Å². The molecule has 2 N–H and O–H groups in total. The van der Waals surface area contributed by atoms with Crippen LogP contribution in [0.2, 0.25) is 0 Å². The summed E-state index contributed by atoms with van der Waals surface area (Å²) in [6, 6.07) is 23.2. The molecule has 0 spiro atoms. The minimum atomic E-state index is -3.73. The van der Waals surface area contributed by atoms with Crippen molar-refractivity contribution >= 4 is 44.2 Å². The molecule has 0 aliphatic heterocycles. The van der Waals surface area contributed by atoms with Crippen molar-refractivity contribution < 1.29 is 13.2 Å². The van der Waals surface area contributed by atoms with Crippen LogP contribution in [0.15, 0.2) is 89.8 Å². The van der Waals surface area contributed by atoms with Crippen LogP contribution in [0, 0.1) is 6.92 Å². The van der Waals surface area contributed by atoms with Crippen LogP contribution in [0.3, 0.4) is 0 Å². The van der Waals surface area contributed by atoms with Gasteiger partial charge in [0.15, 0.2) is 0 Å². The summed E-state index contributed by atoms with van der Waals surface area (Å²) < 4.78 is 28.0. The van der Waals surface area contributed by atoms with E-state index in [0.29, 0.717) is 10.8 Å². The van der Waals surface area contributed by atoms with Crippen molar-refractivity contribution in [3.8, 4) is 11.1 Å². The average molecular weight is 477 g/mol. The second kappa shape index (κ2) is 9.76. The highest BCUT2D eigenvalue weighted by atomic mass is 32.2. The maximum absolute atomic E-state index is 12.7. The van der Waals surface area contributed by atoms with Gasteiger partial charge in [0.05, 0.1) is 4.90 Å². The maximum atomic E-state index is 12.7. The van der Waals surface area contributed by atoms with E-state index in [1.54, 1.807) is 61.5 Å². The zero-order chi connectivity index (χ0) is 23.3. The molecule has 1 amide bonds. The van der Waals surface area contributed by atoms with Gasteiger partial charge in [0.1, 0.15) is 5.01 Å². The average Bonchev–Trinajstić information content (AvgIpc) is 3.23. The molecule has 0 bridgehead atoms. The molecule has 0 unspecified atom stereocenters. The number of sulfonamides is 1. The van der Waals surface area contributed by atoms with Gasteiger partial charge in [0.2, 0.25) is 11.0 Å². The fourth-order valence-electron chi connectivity index (χ4n) is 3.00. The quantitative estimate of drug-likeness (QED) is 0.367. The van der Waals surface area contributed by atoms with Crippen LogP contribution in [0.1, 0.15) is 10.6 Å². The first kappa shape index (κ1) is 22.4. The minimum Gasteiger partial charge on any atom is -0.297 e. The summed E-state index contributed by atoms with van der Waals surface area (Å²) in [7, 11) is -3.73. The number of rotatable bonds is 7. The van der Waals surface area contributed by atoms with Gasteiger partial charge in [-0.25, -0.2) is 8.42 Å². The molecule has 1 aromatic heterocycles. The molecule has 0 aliphatic carbocycles. The van der Waals surface area contributed by atoms with Crippen LogP contribution >= 0.6 is 11.3 Å². The Morgan fingerprint density at radius 1 is 0.879 bits per heavy atom. The van der Waals surface area contributed by atoms with Crippen molar-refractivity contribution in [2.75, 3.05) is 10.0 Å². The van der Waals surface area contributed by atoms with Crippen molar-refractivity contribution in [2.45, 2.75) is 11.8 Å². The second-order valence-electron chi connectivity index (χ2n) is 7.07. The number of anilines is 2. The topological polar surface area (TPSA) is 101 Å². The summed E-state index contributed by atoms with van der Waals surface area (Å²) in [6.07, 6.45) is 3.01. The van der Waals surface area contributed by atoms with Crippen LogP contribution < -0.4 is 10.0 Å². The molecule has 1 heterocycles. The molecule has 0 fully saturated rings. The number of benzene rings is 3. The van der Waals surface area contributed by atoms with Crippen molar-refractivity contribution in [2.24, 2.45) is 0 Å². The first-order chi connectivity index (χ1) is 15.9. The normalized spacial score (nSPS) is 11.4. The standard InChI is InChI=1S/C24H20N4O3S2/c1-17-26-27-24(32-17)25-23(29)16-9-18-7-12-21(13-8-18)28-33(30,31)22-14-10-20(11-15-22)19-5-3-2-4-6-19/h2-16,28H,1H3,(H,25,27,29)/b16-9+. The molecule has 166 valence electrons. The summed E-state index contributed by atoms with van der Waals surface area (Å²) in [4.78, 5) is 12.1. The fourth-order valence-corrected chi connectivity index (χ4v) is 4.65. The lowest BCUT2D eigenvalue weighted by Crippen LogP contribution is -2.12. The van der Waals surface area contributed by atoms with E-state index < -0.39 is 10.0 Å². The van der Waals surface area contributed by atoms with Crippen molar-refractivity contribution in [1.29, 1.82) is 0 Å². The lowest BCUT2D eigenvalue weighted by Gasteiger charge is -2.09. The monoisotopic (exact) mass is 476 g/mol. The summed E-state index contributed by atoms with van der Waals surface area (Å²) >= 11 is 1.29. The Bertz CT molecular complexity index is 1380. The molecule has 0 saturated carbocycles. The first-order valence-electron chi connectivity index (χ1n) is 9.97. The van der Waals surface area contributed by atoms with E-state index in [1.807, 2.05) is 30.3 Å². The Hall–Kier alpha value is -3.82. The zero-order valence-corrected chi connectivity index (χ0v) is 19.2. The van der Waals surface area contributed by atoms with E-state index in [-0.39, 0.29) is 10.8 Å². The Kier molecular flexibility index (Phi) is 6.62. The number of carbonyl (C=O) groups excluding carboxylic acids is 1. The van der Waals surface area contributed by atoms with Crippen LogP contribution in [0.5, 0.6) is 0 Å². The van der Waals surface area contributed by atoms with Gasteiger partial charge >= 0.3 is 0 Å². The van der Waals surface area contributed by atoms with Crippen molar-refractivity contribution in [3.63, 3.8) is 0 Å². The highest BCUT2D eigenvalue weighted by Crippen LogP contribution is 2.23. The molecule has 9 heteroatoms. The van der Waals surface area contributed by atoms with E-state index >= 15 is 0 Å². The molecular formula is C24H20N4O3S2. The van der Waals surface area contributed by atoms with Gasteiger partial charge in [0.25, 0.3) is 10.0 Å². The van der Waals surface area contributed by atoms with E-state index in [4.69, 9.17) is 0 Å². The van der Waals surface area contributed by atoms with Gasteiger partial charge in [-0.1, -0.05) is 65.9 Å². The predicted octanol–water partition coefficient (Wildman–Crippen LogP) is 4.97. The number of hydrogen-bond acceptors (Lipinski definition) is 6. The highest BCUT2D eigenvalue weighted by Gasteiger charge is 2.14. The third kappa shape index (κ3) is 5.91. The zero-order valence-electron chi connectivity index (χ0n) is 17.6. The molecule has 0 aliphatic rings. The minimum absolute atomic E-state index is 0.176. The molecular weight excluding hydrogens is 456 g/mol. The Morgan fingerprint density at radius 2 is 1.55 bits per heavy atom. The molecule has 4 aromatic rings. The molecule has 33 heavy (non-hydrogen) atoms. The molecule has 4 rings (SSSR count). The summed E-state index contributed by atoms with van der Waals surface area (Å²) in [6.45, 7) is 1.80. The smallest absolute Gasteiger partial charge is 0.261 e. The van der Waals surface area contributed by atoms with Gasteiger partial charge < -0.3 is 0 Å². The van der Waals surface area contributed by atoms with Gasteiger partial charge in [-0.15, -0.1) is 10.2 Å². The maximum Gasteiger partial charge on any atom is 0.261 e. The largest absolute Gasteiger partial charge is 0.297 e. The second-order valence-corrected chi connectivity index (χ2v) is 9.93.